The Bertz CT molecular complexity index is 758. The summed E-state index contributed by atoms with van der Waals surface area (Å²) in [5.74, 6) is -0.258. The third-order valence-electron chi connectivity index (χ3n) is 2.78. The van der Waals surface area contributed by atoms with Crippen LogP contribution in [0.1, 0.15) is 18.1 Å². The molecule has 2 heterocycles. The number of carbonyl (C=O) groups is 1. The van der Waals surface area contributed by atoms with E-state index in [0.717, 1.165) is 4.68 Å². The van der Waals surface area contributed by atoms with Crippen LogP contribution in [0, 0.1) is 18.3 Å². The maximum Gasteiger partial charge on any atom is 0.388 e. The molecule has 0 fully saturated rings. The topological polar surface area (TPSA) is 97.8 Å². The van der Waals surface area contributed by atoms with Gasteiger partial charge in [-0.15, -0.1) is 5.10 Å². The van der Waals surface area contributed by atoms with Gasteiger partial charge in [-0.3, -0.25) is 4.79 Å². The minimum atomic E-state index is -3.00. The summed E-state index contributed by atoms with van der Waals surface area (Å²) in [6.45, 7) is -0.204. The predicted molar refractivity (Wildman–Crippen MR) is 70.7 cm³/mol. The summed E-state index contributed by atoms with van der Waals surface area (Å²) in [5, 5.41) is 19.5. The minimum absolute atomic E-state index is 0.111. The number of rotatable bonds is 4. The van der Waals surface area contributed by atoms with Gasteiger partial charge >= 0.3 is 6.61 Å². The van der Waals surface area contributed by atoms with E-state index in [2.05, 4.69) is 20.3 Å². The molecular weight excluding hydrogens is 298 g/mol. The average molecular weight is 310 g/mol. The highest BCUT2D eigenvalue weighted by Crippen LogP contribution is 2.28. The first kappa shape index (κ1) is 15.4. The van der Waals surface area contributed by atoms with E-state index in [1.165, 1.54) is 31.8 Å². The van der Waals surface area contributed by atoms with Crippen LogP contribution in [0.5, 0.6) is 5.88 Å². The molecule has 0 aliphatic rings. The van der Waals surface area contributed by atoms with Crippen LogP contribution in [0.4, 0.5) is 14.6 Å². The van der Waals surface area contributed by atoms with Crippen LogP contribution in [0.25, 0.3) is 5.82 Å². The highest BCUT2D eigenvalue weighted by molar-refractivity contribution is 5.89. The van der Waals surface area contributed by atoms with Gasteiger partial charge in [-0.1, -0.05) is 0 Å². The van der Waals surface area contributed by atoms with E-state index in [0.29, 0.717) is 5.56 Å². The molecule has 0 atom stereocenters. The summed E-state index contributed by atoms with van der Waals surface area (Å²) in [5.41, 5.74) is 0.415. The van der Waals surface area contributed by atoms with Crippen molar-refractivity contribution < 1.29 is 18.3 Å². The van der Waals surface area contributed by atoms with Crippen LogP contribution < -0.4 is 10.1 Å². The van der Waals surface area contributed by atoms with Gasteiger partial charge in [0.15, 0.2) is 11.6 Å². The molecule has 2 aromatic rings. The summed E-state index contributed by atoms with van der Waals surface area (Å²) in [6, 6.07) is 1.88. The Morgan fingerprint density at radius 3 is 2.77 bits per heavy atom. The smallest absolute Gasteiger partial charge is 0.388 e. The summed E-state index contributed by atoms with van der Waals surface area (Å²) in [6.07, 6.45) is 1.24. The molecule has 0 aliphatic carbocycles. The monoisotopic (exact) mass is 310 g/mol. The second kappa shape index (κ2) is 5.80. The zero-order valence-corrected chi connectivity index (χ0v) is 12.0. The Balaban J connectivity index is 2.56. The van der Waals surface area contributed by atoms with Crippen LogP contribution in [0.15, 0.2) is 6.20 Å². The van der Waals surface area contributed by atoms with Gasteiger partial charge in [0.25, 0.3) is 0 Å². The van der Waals surface area contributed by atoms with E-state index in [-0.39, 0.29) is 23.1 Å². The van der Waals surface area contributed by atoms with E-state index in [1.54, 1.807) is 0 Å². The fourth-order valence-electron chi connectivity index (χ4n) is 1.93. The maximum atomic E-state index is 12.4. The van der Waals surface area contributed by atoms with E-state index >= 15 is 0 Å². The molecule has 0 saturated carbocycles. The molecule has 22 heavy (non-hydrogen) atoms. The van der Waals surface area contributed by atoms with Crippen LogP contribution in [0.2, 0.25) is 0 Å². The van der Waals surface area contributed by atoms with Crippen molar-refractivity contribution in [2.24, 2.45) is 7.05 Å². The molecule has 1 N–H and O–H groups in total. The molecule has 0 bridgehead atoms. The molecule has 1 amide bonds. The van der Waals surface area contributed by atoms with Gasteiger partial charge in [0, 0.05) is 14.0 Å². The zero-order valence-electron chi connectivity index (χ0n) is 12.0. The van der Waals surface area contributed by atoms with E-state index in [4.69, 9.17) is 5.26 Å². The Labute approximate surface area is 123 Å². The summed E-state index contributed by atoms with van der Waals surface area (Å²) in [4.78, 5) is 11.3. The average Bonchev–Trinajstić information content (AvgIpc) is 2.93. The number of carbonyl (C=O) groups excluding carboxylic acids is 1. The van der Waals surface area contributed by atoms with Crippen molar-refractivity contribution in [1.29, 1.82) is 5.26 Å². The zero-order chi connectivity index (χ0) is 16.4. The summed E-state index contributed by atoms with van der Waals surface area (Å²) < 4.78 is 31.6. The number of aryl methyl sites for hydroxylation is 1. The number of nitriles is 1. The first-order valence-electron chi connectivity index (χ1n) is 6.09. The molecule has 2 aromatic heterocycles. The number of nitrogens with one attached hydrogen (secondary N) is 1. The molecule has 0 unspecified atom stereocenters. The van der Waals surface area contributed by atoms with Crippen molar-refractivity contribution in [1.82, 2.24) is 19.6 Å². The lowest BCUT2D eigenvalue weighted by Gasteiger charge is -2.06. The number of alkyl halides is 2. The van der Waals surface area contributed by atoms with Gasteiger partial charge in [-0.25, -0.2) is 4.68 Å². The number of halogens is 2. The molecule has 0 saturated heterocycles. The highest BCUT2D eigenvalue weighted by Gasteiger charge is 2.22. The van der Waals surface area contributed by atoms with Crippen molar-refractivity contribution in [2.75, 3.05) is 5.32 Å². The lowest BCUT2D eigenvalue weighted by atomic mass is 10.3. The Morgan fingerprint density at radius 1 is 1.55 bits per heavy atom. The molecule has 8 nitrogen and oxygen atoms in total. The normalized spacial score (nSPS) is 10.6. The fraction of sp³-hybridized carbons (Fsp3) is 0.333. The van der Waals surface area contributed by atoms with Crippen LogP contribution in [-0.2, 0) is 11.8 Å². The third kappa shape index (κ3) is 2.73. The van der Waals surface area contributed by atoms with Gasteiger partial charge < -0.3 is 10.1 Å². The molecule has 2 rings (SSSR count). The molecule has 0 aromatic carbocycles. The lowest BCUT2D eigenvalue weighted by Crippen LogP contribution is -2.13. The summed E-state index contributed by atoms with van der Waals surface area (Å²) >= 11 is 0. The number of anilines is 1. The van der Waals surface area contributed by atoms with Gasteiger partial charge in [0.1, 0.15) is 11.6 Å². The number of ether oxygens (including phenoxy) is 1. The highest BCUT2D eigenvalue weighted by atomic mass is 19.3. The first-order valence-corrected chi connectivity index (χ1v) is 6.09. The quantitative estimate of drug-likeness (QED) is 0.919. The Morgan fingerprint density at radius 2 is 2.23 bits per heavy atom. The number of amides is 1. The van der Waals surface area contributed by atoms with Crippen LogP contribution >= 0.6 is 0 Å². The predicted octanol–water partition coefficient (Wildman–Crippen LogP) is 1.35. The maximum absolute atomic E-state index is 12.4. The molecule has 0 aliphatic heterocycles. The van der Waals surface area contributed by atoms with Gasteiger partial charge in [0.05, 0.1) is 11.8 Å². The Kier molecular flexibility index (Phi) is 4.07. The van der Waals surface area contributed by atoms with Crippen molar-refractivity contribution >= 4 is 11.7 Å². The Hall–Kier alpha value is -2.96. The largest absolute Gasteiger partial charge is 0.417 e. The summed E-state index contributed by atoms with van der Waals surface area (Å²) in [7, 11) is 1.43. The number of nitrogens with zero attached hydrogens (tertiary/aromatic N) is 5. The second-order valence-corrected chi connectivity index (χ2v) is 4.37. The van der Waals surface area contributed by atoms with Gasteiger partial charge in [-0.2, -0.15) is 23.8 Å². The SMILES string of the molecule is CC(=O)Nc1c(C#N)cnn1-c1nn(C)c(OC(F)F)c1C. The number of aromatic nitrogens is 4. The molecular formula is C12H12F2N6O2. The van der Waals surface area contributed by atoms with Crippen LogP contribution in [0.3, 0.4) is 0 Å². The van der Waals surface area contributed by atoms with E-state index < -0.39 is 12.5 Å². The number of hydrogen-bond donors (Lipinski definition) is 1. The van der Waals surface area contributed by atoms with Crippen molar-refractivity contribution in [3.05, 3.63) is 17.3 Å². The standard InChI is InChI=1S/C12H12F2N6O2/c1-6-9(18-19(3)11(6)22-12(13)14)20-10(17-7(2)21)8(4-15)5-16-20/h5,12H,1-3H3,(H,17,21). The lowest BCUT2D eigenvalue weighted by molar-refractivity contribution is -0.114. The molecule has 116 valence electrons. The molecule has 0 radical (unpaired) electrons. The van der Waals surface area contributed by atoms with Crippen molar-refractivity contribution in [3.8, 4) is 17.8 Å². The number of hydrogen-bond acceptors (Lipinski definition) is 5. The van der Waals surface area contributed by atoms with E-state index in [9.17, 15) is 13.6 Å². The van der Waals surface area contributed by atoms with E-state index in [1.807, 2.05) is 6.07 Å². The van der Waals surface area contributed by atoms with Gasteiger partial charge in [-0.05, 0) is 6.92 Å². The minimum Gasteiger partial charge on any atom is -0.417 e. The van der Waals surface area contributed by atoms with Gasteiger partial charge in [0.2, 0.25) is 11.8 Å². The third-order valence-corrected chi connectivity index (χ3v) is 2.78. The van der Waals surface area contributed by atoms with Crippen molar-refractivity contribution in [2.45, 2.75) is 20.5 Å². The van der Waals surface area contributed by atoms with Crippen LogP contribution in [-0.4, -0.2) is 32.1 Å². The van der Waals surface area contributed by atoms with Crippen molar-refractivity contribution in [3.63, 3.8) is 0 Å². The fourth-order valence-corrected chi connectivity index (χ4v) is 1.93. The second-order valence-electron chi connectivity index (χ2n) is 4.37. The molecule has 0 spiro atoms. The molecule has 10 heteroatoms. The first-order chi connectivity index (χ1) is 10.3.